The SMILES string of the molecule is Cn1ccc(C(NN)c2ccc3ccccc3n2)n1. The molecule has 0 amide bonds. The Kier molecular flexibility index (Phi) is 2.98. The number of nitrogens with one attached hydrogen (secondary N) is 1. The molecule has 0 spiro atoms. The molecule has 1 aromatic carbocycles. The van der Waals surface area contributed by atoms with Gasteiger partial charge in [0.05, 0.1) is 16.9 Å². The van der Waals surface area contributed by atoms with Crippen molar-refractivity contribution in [2.24, 2.45) is 12.9 Å². The summed E-state index contributed by atoms with van der Waals surface area (Å²) in [7, 11) is 1.88. The summed E-state index contributed by atoms with van der Waals surface area (Å²) in [5, 5.41) is 5.49. The molecule has 19 heavy (non-hydrogen) atoms. The van der Waals surface area contributed by atoms with Gasteiger partial charge in [0, 0.05) is 18.6 Å². The maximum absolute atomic E-state index is 5.65. The summed E-state index contributed by atoms with van der Waals surface area (Å²) >= 11 is 0. The molecule has 1 atom stereocenters. The molecule has 2 aromatic heterocycles. The van der Waals surface area contributed by atoms with E-state index in [4.69, 9.17) is 5.84 Å². The average molecular weight is 253 g/mol. The molecular weight excluding hydrogens is 238 g/mol. The quantitative estimate of drug-likeness (QED) is 0.548. The lowest BCUT2D eigenvalue weighted by molar-refractivity contribution is 0.592. The van der Waals surface area contributed by atoms with Gasteiger partial charge in [-0.25, -0.2) is 5.43 Å². The van der Waals surface area contributed by atoms with Crippen LogP contribution in [0, 0.1) is 0 Å². The molecule has 0 saturated carbocycles. The van der Waals surface area contributed by atoms with E-state index in [1.165, 1.54) is 0 Å². The number of hydrazine groups is 1. The van der Waals surface area contributed by atoms with Gasteiger partial charge in [0.15, 0.2) is 0 Å². The van der Waals surface area contributed by atoms with E-state index in [0.29, 0.717) is 0 Å². The Morgan fingerprint density at radius 1 is 1.11 bits per heavy atom. The number of fused-ring (bicyclic) bond motifs is 1. The van der Waals surface area contributed by atoms with Crippen LogP contribution in [0.3, 0.4) is 0 Å². The predicted octanol–water partition coefficient (Wildman–Crippen LogP) is 1.52. The van der Waals surface area contributed by atoms with Crippen molar-refractivity contribution in [1.82, 2.24) is 20.2 Å². The summed E-state index contributed by atoms with van der Waals surface area (Å²) in [6.45, 7) is 0. The Labute approximate surface area is 111 Å². The van der Waals surface area contributed by atoms with Crippen molar-refractivity contribution in [3.63, 3.8) is 0 Å². The molecule has 5 nitrogen and oxygen atoms in total. The molecule has 3 N–H and O–H groups in total. The fourth-order valence-electron chi connectivity index (χ4n) is 2.15. The molecule has 5 heteroatoms. The molecule has 1 unspecified atom stereocenters. The van der Waals surface area contributed by atoms with E-state index in [2.05, 4.69) is 15.5 Å². The highest BCUT2D eigenvalue weighted by molar-refractivity contribution is 5.78. The van der Waals surface area contributed by atoms with E-state index in [9.17, 15) is 0 Å². The Bertz CT molecular complexity index is 704. The van der Waals surface area contributed by atoms with Gasteiger partial charge in [-0.15, -0.1) is 0 Å². The molecule has 2 heterocycles. The fourth-order valence-corrected chi connectivity index (χ4v) is 2.15. The Morgan fingerprint density at radius 3 is 2.68 bits per heavy atom. The number of rotatable bonds is 3. The topological polar surface area (TPSA) is 68.8 Å². The minimum absolute atomic E-state index is 0.203. The third-order valence-electron chi connectivity index (χ3n) is 3.11. The molecule has 3 rings (SSSR count). The lowest BCUT2D eigenvalue weighted by Gasteiger charge is -2.13. The van der Waals surface area contributed by atoms with Gasteiger partial charge in [-0.2, -0.15) is 5.10 Å². The Hall–Kier alpha value is -2.24. The molecule has 0 aliphatic rings. The van der Waals surface area contributed by atoms with E-state index >= 15 is 0 Å². The highest BCUT2D eigenvalue weighted by atomic mass is 15.3. The number of hydrogen-bond acceptors (Lipinski definition) is 4. The van der Waals surface area contributed by atoms with Crippen LogP contribution < -0.4 is 11.3 Å². The van der Waals surface area contributed by atoms with Gasteiger partial charge in [0.25, 0.3) is 0 Å². The number of nitrogens with two attached hydrogens (primary N) is 1. The van der Waals surface area contributed by atoms with Gasteiger partial charge in [-0.1, -0.05) is 24.3 Å². The first-order valence-corrected chi connectivity index (χ1v) is 6.09. The fraction of sp³-hybridized carbons (Fsp3) is 0.143. The third-order valence-corrected chi connectivity index (χ3v) is 3.11. The summed E-state index contributed by atoms with van der Waals surface area (Å²) in [6, 6.07) is 13.8. The standard InChI is InChI=1S/C14H15N5/c1-19-9-8-13(18-19)14(17-15)12-7-6-10-4-2-3-5-11(10)16-12/h2-9,14,17H,15H2,1H3. The highest BCUT2D eigenvalue weighted by Crippen LogP contribution is 2.20. The molecule has 0 aliphatic carbocycles. The molecule has 96 valence electrons. The van der Waals surface area contributed by atoms with Gasteiger partial charge in [0.2, 0.25) is 0 Å². The van der Waals surface area contributed by atoms with Crippen molar-refractivity contribution in [1.29, 1.82) is 0 Å². The van der Waals surface area contributed by atoms with Gasteiger partial charge in [-0.3, -0.25) is 15.5 Å². The zero-order valence-corrected chi connectivity index (χ0v) is 10.6. The maximum Gasteiger partial charge on any atom is 0.107 e. The van der Waals surface area contributed by atoms with Crippen molar-refractivity contribution >= 4 is 10.9 Å². The number of hydrogen-bond donors (Lipinski definition) is 2. The van der Waals surface area contributed by atoms with Crippen LogP contribution in [0.2, 0.25) is 0 Å². The minimum atomic E-state index is -0.203. The monoisotopic (exact) mass is 253 g/mol. The molecule has 0 aliphatic heterocycles. The Balaban J connectivity index is 2.06. The van der Waals surface area contributed by atoms with E-state index in [1.54, 1.807) is 4.68 Å². The minimum Gasteiger partial charge on any atom is -0.275 e. The first-order valence-electron chi connectivity index (χ1n) is 6.09. The molecule has 0 saturated heterocycles. The van der Waals surface area contributed by atoms with Crippen molar-refractivity contribution in [3.8, 4) is 0 Å². The van der Waals surface area contributed by atoms with E-state index in [-0.39, 0.29) is 6.04 Å². The largest absolute Gasteiger partial charge is 0.275 e. The number of para-hydroxylation sites is 1. The number of pyridine rings is 1. The zero-order valence-electron chi connectivity index (χ0n) is 10.6. The first kappa shape index (κ1) is 11.8. The second kappa shape index (κ2) is 4.79. The number of aryl methyl sites for hydroxylation is 1. The van der Waals surface area contributed by atoms with Crippen molar-refractivity contribution in [2.75, 3.05) is 0 Å². The maximum atomic E-state index is 5.65. The van der Waals surface area contributed by atoms with Gasteiger partial charge in [0.1, 0.15) is 6.04 Å². The number of nitrogens with zero attached hydrogens (tertiary/aromatic N) is 3. The van der Waals surface area contributed by atoms with Gasteiger partial charge >= 0.3 is 0 Å². The summed E-state index contributed by atoms with van der Waals surface area (Å²) in [5.74, 6) is 5.65. The van der Waals surface area contributed by atoms with Crippen LogP contribution in [0.25, 0.3) is 10.9 Å². The smallest absolute Gasteiger partial charge is 0.107 e. The summed E-state index contributed by atoms with van der Waals surface area (Å²) in [4.78, 5) is 4.64. The lowest BCUT2D eigenvalue weighted by atomic mass is 10.1. The first-order chi connectivity index (χ1) is 9.28. The predicted molar refractivity (Wildman–Crippen MR) is 74.1 cm³/mol. The van der Waals surface area contributed by atoms with Crippen LogP contribution in [-0.4, -0.2) is 14.8 Å². The van der Waals surface area contributed by atoms with E-state index < -0.39 is 0 Å². The van der Waals surface area contributed by atoms with E-state index in [0.717, 1.165) is 22.3 Å². The number of aromatic nitrogens is 3. The van der Waals surface area contributed by atoms with Crippen LogP contribution in [-0.2, 0) is 7.05 Å². The van der Waals surface area contributed by atoms with E-state index in [1.807, 2.05) is 55.7 Å². The van der Waals surface area contributed by atoms with Gasteiger partial charge < -0.3 is 0 Å². The highest BCUT2D eigenvalue weighted by Gasteiger charge is 2.16. The van der Waals surface area contributed by atoms with Crippen LogP contribution in [0.1, 0.15) is 17.4 Å². The van der Waals surface area contributed by atoms with Crippen LogP contribution in [0.4, 0.5) is 0 Å². The van der Waals surface area contributed by atoms with Crippen molar-refractivity contribution < 1.29 is 0 Å². The molecule has 0 radical (unpaired) electrons. The van der Waals surface area contributed by atoms with Crippen LogP contribution >= 0.6 is 0 Å². The molecule has 0 fully saturated rings. The number of benzene rings is 1. The zero-order chi connectivity index (χ0) is 13.2. The summed E-state index contributed by atoms with van der Waals surface area (Å²) in [5.41, 5.74) is 5.44. The normalized spacial score (nSPS) is 12.7. The lowest BCUT2D eigenvalue weighted by Crippen LogP contribution is -2.30. The summed E-state index contributed by atoms with van der Waals surface area (Å²) < 4.78 is 1.75. The van der Waals surface area contributed by atoms with Crippen LogP contribution in [0.5, 0.6) is 0 Å². The Morgan fingerprint density at radius 2 is 1.95 bits per heavy atom. The summed E-state index contributed by atoms with van der Waals surface area (Å²) in [6.07, 6.45) is 1.89. The molecular formula is C14H15N5. The van der Waals surface area contributed by atoms with Gasteiger partial charge in [-0.05, 0) is 18.2 Å². The van der Waals surface area contributed by atoms with Crippen molar-refractivity contribution in [2.45, 2.75) is 6.04 Å². The van der Waals surface area contributed by atoms with Crippen LogP contribution in [0.15, 0.2) is 48.7 Å². The molecule has 3 aromatic rings. The average Bonchev–Trinajstić information content (AvgIpc) is 2.86. The third kappa shape index (κ3) is 2.21. The van der Waals surface area contributed by atoms with Crippen molar-refractivity contribution in [3.05, 3.63) is 60.0 Å². The second-order valence-electron chi connectivity index (χ2n) is 4.44. The second-order valence-corrected chi connectivity index (χ2v) is 4.44. The molecule has 0 bridgehead atoms.